The highest BCUT2D eigenvalue weighted by atomic mass is 16.7. The van der Waals surface area contributed by atoms with Crippen LogP contribution in [0.1, 0.15) is 85.5 Å². The molecule has 7 fully saturated rings. The highest BCUT2D eigenvalue weighted by molar-refractivity contribution is 5.26. The molecule has 19 heteroatoms. The predicted octanol–water partition coefficient (Wildman–Crippen LogP) is -1.86. The topological polar surface area (TPSA) is 307 Å². The van der Waals surface area contributed by atoms with Crippen molar-refractivity contribution in [1.29, 1.82) is 0 Å². The summed E-state index contributed by atoms with van der Waals surface area (Å²) in [6, 6.07) is 0. The Morgan fingerprint density at radius 2 is 1.31 bits per heavy atom. The van der Waals surface area contributed by atoms with Crippen LogP contribution in [0.2, 0.25) is 0 Å². The summed E-state index contributed by atoms with van der Waals surface area (Å²) in [5, 5.41) is 125. The van der Waals surface area contributed by atoms with E-state index in [0.717, 1.165) is 32.1 Å². The van der Waals surface area contributed by atoms with Gasteiger partial charge in [0.15, 0.2) is 24.7 Å². The molecule has 0 bridgehead atoms. The summed E-state index contributed by atoms with van der Waals surface area (Å²) in [4.78, 5) is 0. The van der Waals surface area contributed by atoms with Crippen molar-refractivity contribution in [3.05, 3.63) is 11.6 Å². The minimum Gasteiger partial charge on any atom is -0.394 e. The zero-order valence-corrected chi connectivity index (χ0v) is 37.3. The lowest BCUT2D eigenvalue weighted by molar-refractivity contribution is -0.363. The molecule has 0 radical (unpaired) electrons. The summed E-state index contributed by atoms with van der Waals surface area (Å²) in [6.07, 6.45) is -12.9. The molecule has 3 saturated carbocycles. The van der Waals surface area contributed by atoms with E-state index < -0.39 is 118 Å². The maximum absolute atomic E-state index is 12.0. The second kappa shape index (κ2) is 19.1. The van der Waals surface area contributed by atoms with Crippen LogP contribution in [0, 0.1) is 46.3 Å². The Morgan fingerprint density at radius 1 is 0.719 bits per heavy atom. The van der Waals surface area contributed by atoms with E-state index in [2.05, 4.69) is 26.8 Å². The molecule has 8 aliphatic rings. The molecule has 64 heavy (non-hydrogen) atoms. The van der Waals surface area contributed by atoms with Crippen LogP contribution < -0.4 is 0 Å². The SMILES string of the molecule is CC(CCC1(O)OC2CC3C4CC=C5CC(OC6OC(CO)C(OC7OC(CO)C(O)C(O)C7O)C(O)C6O)CCC5(C)C4CCC3(C)C2C1C)COC1OC(CO)C(O)C(O)C1O. The zero-order valence-electron chi connectivity index (χ0n) is 37.3. The molecule has 0 aromatic heterocycles. The molecule has 0 aromatic carbocycles. The third-order valence-corrected chi connectivity index (χ3v) is 17.4. The predicted molar refractivity (Wildman–Crippen MR) is 219 cm³/mol. The van der Waals surface area contributed by atoms with Crippen molar-refractivity contribution in [2.45, 2.75) is 196 Å². The van der Waals surface area contributed by atoms with Gasteiger partial charge in [-0.05, 0) is 91.8 Å². The van der Waals surface area contributed by atoms with Crippen LogP contribution in [0.15, 0.2) is 11.6 Å². The summed E-state index contributed by atoms with van der Waals surface area (Å²) < 4.78 is 41.4. The molecule has 8 rings (SSSR count). The summed E-state index contributed by atoms with van der Waals surface area (Å²) in [5.41, 5.74) is 1.23. The summed E-state index contributed by atoms with van der Waals surface area (Å²) in [6.45, 7) is 7.15. The van der Waals surface area contributed by atoms with Crippen molar-refractivity contribution in [3.63, 3.8) is 0 Å². The van der Waals surface area contributed by atoms with E-state index in [9.17, 15) is 61.3 Å². The van der Waals surface area contributed by atoms with E-state index in [0.29, 0.717) is 43.4 Å². The lowest BCUT2D eigenvalue weighted by Crippen LogP contribution is -2.65. The molecule has 26 atom stereocenters. The van der Waals surface area contributed by atoms with Crippen LogP contribution in [-0.2, 0) is 33.2 Å². The molecule has 0 amide bonds. The van der Waals surface area contributed by atoms with Crippen LogP contribution in [0.4, 0.5) is 0 Å². The Hall–Kier alpha value is -1.02. The smallest absolute Gasteiger partial charge is 0.187 e. The average Bonchev–Trinajstić information content (AvgIpc) is 3.72. The molecule has 19 nitrogen and oxygen atoms in total. The summed E-state index contributed by atoms with van der Waals surface area (Å²) in [5.74, 6) is 0.0434. The van der Waals surface area contributed by atoms with Gasteiger partial charge in [0.25, 0.3) is 0 Å². The van der Waals surface area contributed by atoms with Crippen LogP contribution >= 0.6 is 0 Å². The summed E-state index contributed by atoms with van der Waals surface area (Å²) >= 11 is 0. The number of hydrogen-bond donors (Lipinski definition) is 12. The first kappa shape index (κ1) is 49.4. The van der Waals surface area contributed by atoms with Gasteiger partial charge in [0.2, 0.25) is 0 Å². The molecule has 0 spiro atoms. The highest BCUT2D eigenvalue weighted by Gasteiger charge is 2.68. The Morgan fingerprint density at radius 3 is 1.97 bits per heavy atom. The van der Waals surface area contributed by atoms with Crippen LogP contribution in [0.5, 0.6) is 0 Å². The van der Waals surface area contributed by atoms with Crippen LogP contribution in [0.25, 0.3) is 0 Å². The zero-order chi connectivity index (χ0) is 46.2. The summed E-state index contributed by atoms with van der Waals surface area (Å²) in [7, 11) is 0. The molecule has 4 aliphatic heterocycles. The van der Waals surface area contributed by atoms with E-state index in [1.54, 1.807) is 0 Å². The van der Waals surface area contributed by atoms with Crippen molar-refractivity contribution in [2.24, 2.45) is 46.3 Å². The van der Waals surface area contributed by atoms with Crippen LogP contribution in [-0.4, -0.2) is 198 Å². The molecule has 4 saturated heterocycles. The Kier molecular flexibility index (Phi) is 14.7. The van der Waals surface area contributed by atoms with E-state index in [-0.39, 0.29) is 47.4 Å². The fraction of sp³-hybridized carbons (Fsp3) is 0.956. The van der Waals surface area contributed by atoms with Gasteiger partial charge in [-0.2, -0.15) is 0 Å². The van der Waals surface area contributed by atoms with Gasteiger partial charge in [-0.1, -0.05) is 39.3 Å². The minimum absolute atomic E-state index is 0.0154. The standard InChI is InChI=1S/C45H74O19/c1-19(18-58-40-36(54)33(51)31(49)27(15-46)60-40)7-12-45(57)20(2)30-26(64-45)14-25-23-6-5-21-13-22(8-10-43(21,3)24(23)9-11-44(25,30)4)59-41-38(56)35(53)39(29(17-48)62-41)63-42-37(55)34(52)32(50)28(16-47)61-42/h5,19-20,22-42,46-57H,6-18H2,1-4H3. The number of aliphatic hydroxyl groups excluding tert-OH is 11. The number of fused-ring (bicyclic) bond motifs is 7. The van der Waals surface area contributed by atoms with Gasteiger partial charge in [0.1, 0.15) is 73.2 Å². The van der Waals surface area contributed by atoms with Crippen molar-refractivity contribution in [3.8, 4) is 0 Å². The third-order valence-electron chi connectivity index (χ3n) is 17.4. The van der Waals surface area contributed by atoms with Gasteiger partial charge in [0.05, 0.1) is 38.6 Å². The first-order valence-electron chi connectivity index (χ1n) is 23.6. The monoisotopic (exact) mass is 918 g/mol. The fourth-order valence-corrected chi connectivity index (χ4v) is 13.6. The average molecular weight is 919 g/mol. The van der Waals surface area contributed by atoms with Gasteiger partial charge in [-0.3, -0.25) is 0 Å². The molecule has 368 valence electrons. The second-order valence-corrected chi connectivity index (χ2v) is 21.0. The lowest BCUT2D eigenvalue weighted by Gasteiger charge is -2.58. The fourth-order valence-electron chi connectivity index (χ4n) is 13.6. The highest BCUT2D eigenvalue weighted by Crippen LogP contribution is 2.70. The first-order chi connectivity index (χ1) is 30.3. The molecule has 4 heterocycles. The molecular weight excluding hydrogens is 844 g/mol. The number of hydrogen-bond acceptors (Lipinski definition) is 19. The van der Waals surface area contributed by atoms with Gasteiger partial charge in [-0.25, -0.2) is 0 Å². The molecule has 0 aromatic rings. The van der Waals surface area contributed by atoms with E-state index >= 15 is 0 Å². The van der Waals surface area contributed by atoms with Gasteiger partial charge in [-0.15, -0.1) is 0 Å². The number of ether oxygens (including phenoxy) is 7. The number of aliphatic hydroxyl groups is 12. The molecule has 4 aliphatic carbocycles. The molecule has 26 unspecified atom stereocenters. The largest absolute Gasteiger partial charge is 0.394 e. The minimum atomic E-state index is -1.75. The van der Waals surface area contributed by atoms with Crippen LogP contribution in [0.3, 0.4) is 0 Å². The first-order valence-corrected chi connectivity index (χ1v) is 23.6. The van der Waals surface area contributed by atoms with Gasteiger partial charge < -0.3 is 94.4 Å². The second-order valence-electron chi connectivity index (χ2n) is 21.0. The van der Waals surface area contributed by atoms with Crippen molar-refractivity contribution < 1.29 is 94.4 Å². The quantitative estimate of drug-likeness (QED) is 0.0902. The lowest BCUT2D eigenvalue weighted by atomic mass is 9.47. The number of rotatable bonds is 13. The molecular formula is C45H74O19. The molecule has 12 N–H and O–H groups in total. The van der Waals surface area contributed by atoms with Crippen molar-refractivity contribution in [2.75, 3.05) is 26.4 Å². The normalized spacial score (nSPS) is 54.3. The Labute approximate surface area is 373 Å². The van der Waals surface area contributed by atoms with E-state index in [1.807, 2.05) is 6.92 Å². The van der Waals surface area contributed by atoms with Crippen molar-refractivity contribution >= 4 is 0 Å². The van der Waals surface area contributed by atoms with Gasteiger partial charge in [0, 0.05) is 12.3 Å². The number of allylic oxidation sites excluding steroid dienone is 1. The Balaban J connectivity index is 0.852. The van der Waals surface area contributed by atoms with E-state index in [4.69, 9.17) is 33.2 Å². The maximum Gasteiger partial charge on any atom is 0.187 e. The van der Waals surface area contributed by atoms with E-state index in [1.165, 1.54) is 5.57 Å². The third kappa shape index (κ3) is 8.57. The van der Waals surface area contributed by atoms with Crippen molar-refractivity contribution in [1.82, 2.24) is 0 Å². The van der Waals surface area contributed by atoms with Gasteiger partial charge >= 0.3 is 0 Å². The Bertz CT molecular complexity index is 1620. The maximum atomic E-state index is 12.0.